The predicted octanol–water partition coefficient (Wildman–Crippen LogP) is 1.03. The van der Waals surface area contributed by atoms with Gasteiger partial charge in [0.15, 0.2) is 0 Å². The molecule has 110 valence electrons. The van der Waals surface area contributed by atoms with Gasteiger partial charge >= 0.3 is 0 Å². The van der Waals surface area contributed by atoms with Gasteiger partial charge in [-0.05, 0) is 25.9 Å². The van der Waals surface area contributed by atoms with Crippen molar-refractivity contribution in [2.75, 3.05) is 26.2 Å². The van der Waals surface area contributed by atoms with E-state index in [0.29, 0.717) is 0 Å². The molecule has 0 aliphatic heterocycles. The van der Waals surface area contributed by atoms with E-state index >= 15 is 0 Å². The van der Waals surface area contributed by atoms with Crippen molar-refractivity contribution in [3.8, 4) is 0 Å². The topological polar surface area (TPSA) is 138 Å². The zero-order valence-corrected chi connectivity index (χ0v) is 11.3. The van der Waals surface area contributed by atoms with Gasteiger partial charge in [-0.25, -0.2) is 0 Å². The molecule has 8 nitrogen and oxygen atoms in total. The number of nitro groups is 2. The Kier molecular flexibility index (Phi) is 25.7. The van der Waals surface area contributed by atoms with Gasteiger partial charge in [-0.15, -0.1) is 0 Å². The second kappa shape index (κ2) is 21.1. The molecule has 0 aliphatic rings. The van der Waals surface area contributed by atoms with E-state index < -0.39 is 0 Å². The first kappa shape index (κ1) is 21.9. The Morgan fingerprint density at radius 1 is 0.778 bits per heavy atom. The maximum atomic E-state index is 9.17. The average molecular weight is 266 g/mol. The minimum atomic E-state index is -0.375. The van der Waals surface area contributed by atoms with E-state index in [-0.39, 0.29) is 22.9 Å². The first-order valence-electron chi connectivity index (χ1n) is 6.09. The summed E-state index contributed by atoms with van der Waals surface area (Å²) in [5.74, 6) is 0. The van der Waals surface area contributed by atoms with Crippen LogP contribution in [0.3, 0.4) is 0 Å². The molecule has 8 heteroatoms. The van der Waals surface area contributed by atoms with Crippen molar-refractivity contribution < 1.29 is 9.85 Å². The van der Waals surface area contributed by atoms with E-state index in [9.17, 15) is 20.2 Å². The summed E-state index contributed by atoms with van der Waals surface area (Å²) in [6.45, 7) is 4.70. The van der Waals surface area contributed by atoms with Crippen molar-refractivity contribution in [2.45, 2.75) is 39.5 Å². The smallest absolute Gasteiger partial charge is 0.201 e. The number of rotatable bonds is 7. The van der Waals surface area contributed by atoms with Gasteiger partial charge < -0.3 is 11.5 Å². The zero-order valence-electron chi connectivity index (χ0n) is 11.3. The molecule has 0 spiro atoms. The fourth-order valence-electron chi connectivity index (χ4n) is 0.642. The molecule has 0 aromatic heterocycles. The molecular formula is C10H26N4O4. The molecule has 0 aliphatic carbocycles. The maximum Gasteiger partial charge on any atom is 0.201 e. The quantitative estimate of drug-likeness (QED) is 0.401. The van der Waals surface area contributed by atoms with Crippen molar-refractivity contribution >= 4 is 0 Å². The molecule has 0 rings (SSSR count). The summed E-state index contributed by atoms with van der Waals surface area (Å²) >= 11 is 0. The summed E-state index contributed by atoms with van der Waals surface area (Å²) in [6, 6.07) is 0. The lowest BCUT2D eigenvalue weighted by Crippen LogP contribution is -2.00. The molecule has 0 saturated heterocycles. The van der Waals surface area contributed by atoms with Crippen LogP contribution < -0.4 is 11.5 Å². The molecule has 0 radical (unpaired) electrons. The highest BCUT2D eigenvalue weighted by molar-refractivity contribution is 4.43. The standard InChI is InChI=1S/C6H16N2.2C2H5NO2/c7-5-3-1-2-4-6-8;2*1-2-3(4)5/h1-8H2;2*2H2,1H3. The van der Waals surface area contributed by atoms with Gasteiger partial charge in [-0.1, -0.05) is 12.8 Å². The van der Waals surface area contributed by atoms with Gasteiger partial charge in [0.25, 0.3) is 0 Å². The van der Waals surface area contributed by atoms with E-state index in [1.807, 2.05) is 0 Å². The largest absolute Gasteiger partial charge is 0.330 e. The third-order valence-electron chi connectivity index (χ3n) is 1.67. The lowest BCUT2D eigenvalue weighted by atomic mass is 10.2. The Bertz CT molecular complexity index is 171. The lowest BCUT2D eigenvalue weighted by molar-refractivity contribution is -0.475. The number of nitrogens with two attached hydrogens (primary N) is 2. The Labute approximate surface area is 108 Å². The molecule has 0 saturated carbocycles. The average Bonchev–Trinajstić information content (AvgIpc) is 2.36. The van der Waals surface area contributed by atoms with Crippen LogP contribution >= 0.6 is 0 Å². The maximum absolute atomic E-state index is 9.17. The van der Waals surface area contributed by atoms with Crippen LogP contribution in [0.2, 0.25) is 0 Å². The summed E-state index contributed by atoms with van der Waals surface area (Å²) < 4.78 is 0. The Hall–Kier alpha value is -1.28. The van der Waals surface area contributed by atoms with Crippen LogP contribution in [0.25, 0.3) is 0 Å². The summed E-state index contributed by atoms with van der Waals surface area (Å²) in [6.07, 6.45) is 4.79. The van der Waals surface area contributed by atoms with Gasteiger partial charge in [-0.2, -0.15) is 0 Å². The fourth-order valence-corrected chi connectivity index (χ4v) is 0.642. The molecule has 0 bridgehead atoms. The van der Waals surface area contributed by atoms with E-state index in [1.165, 1.54) is 26.7 Å². The number of nitrogens with zero attached hydrogens (tertiary/aromatic N) is 2. The summed E-state index contributed by atoms with van der Waals surface area (Å²) in [5, 5.41) is 18.3. The Morgan fingerprint density at radius 3 is 1.11 bits per heavy atom. The third-order valence-corrected chi connectivity index (χ3v) is 1.67. The minimum Gasteiger partial charge on any atom is -0.330 e. The molecule has 0 fully saturated rings. The van der Waals surface area contributed by atoms with Crippen molar-refractivity contribution in [1.82, 2.24) is 0 Å². The van der Waals surface area contributed by atoms with E-state index in [4.69, 9.17) is 11.5 Å². The van der Waals surface area contributed by atoms with Crippen LogP contribution in [0.4, 0.5) is 0 Å². The van der Waals surface area contributed by atoms with Crippen molar-refractivity contribution in [1.29, 1.82) is 0 Å². The predicted molar refractivity (Wildman–Crippen MR) is 71.6 cm³/mol. The first-order chi connectivity index (χ1) is 8.45. The Morgan fingerprint density at radius 2 is 1.00 bits per heavy atom. The fraction of sp³-hybridized carbons (Fsp3) is 1.00. The van der Waals surface area contributed by atoms with Crippen molar-refractivity contribution in [3.05, 3.63) is 20.2 Å². The van der Waals surface area contributed by atoms with E-state index in [1.54, 1.807) is 0 Å². The molecular weight excluding hydrogens is 240 g/mol. The molecule has 0 aromatic rings. The summed E-state index contributed by atoms with van der Waals surface area (Å²) in [5.41, 5.74) is 10.6. The highest BCUT2D eigenvalue weighted by atomic mass is 16.6. The van der Waals surface area contributed by atoms with Gasteiger partial charge in [0, 0.05) is 23.7 Å². The van der Waals surface area contributed by atoms with Gasteiger partial charge in [0.1, 0.15) is 0 Å². The monoisotopic (exact) mass is 266 g/mol. The van der Waals surface area contributed by atoms with E-state index in [2.05, 4.69) is 0 Å². The van der Waals surface area contributed by atoms with Crippen LogP contribution in [0, 0.1) is 20.2 Å². The van der Waals surface area contributed by atoms with Crippen LogP contribution in [0.5, 0.6) is 0 Å². The van der Waals surface area contributed by atoms with Crippen molar-refractivity contribution in [2.24, 2.45) is 11.5 Å². The minimum absolute atomic E-state index is 0.0278. The molecule has 0 amide bonds. The van der Waals surface area contributed by atoms with Crippen LogP contribution in [-0.2, 0) is 0 Å². The van der Waals surface area contributed by atoms with Crippen molar-refractivity contribution in [3.63, 3.8) is 0 Å². The molecule has 0 heterocycles. The van der Waals surface area contributed by atoms with Crippen LogP contribution in [0.15, 0.2) is 0 Å². The molecule has 4 N–H and O–H groups in total. The summed E-state index contributed by atoms with van der Waals surface area (Å²) in [4.78, 5) is 17.6. The zero-order chi connectivity index (χ0) is 14.8. The number of unbranched alkanes of at least 4 members (excludes halogenated alkanes) is 3. The second-order valence-electron chi connectivity index (χ2n) is 3.29. The number of hydrogen-bond donors (Lipinski definition) is 2. The van der Waals surface area contributed by atoms with Gasteiger partial charge in [-0.3, -0.25) is 20.2 Å². The molecule has 0 atom stereocenters. The summed E-state index contributed by atoms with van der Waals surface area (Å²) in [7, 11) is 0. The molecule has 18 heavy (non-hydrogen) atoms. The van der Waals surface area contributed by atoms with Crippen LogP contribution in [0.1, 0.15) is 39.5 Å². The number of hydrogen-bond acceptors (Lipinski definition) is 6. The third kappa shape index (κ3) is 46.5. The highest BCUT2D eigenvalue weighted by Gasteiger charge is 1.83. The SMILES string of the molecule is CC[N+](=O)[O-].CC[N+](=O)[O-].NCCCCCCN. The Balaban J connectivity index is -0.000000197. The van der Waals surface area contributed by atoms with Gasteiger partial charge in [0.05, 0.1) is 0 Å². The van der Waals surface area contributed by atoms with Gasteiger partial charge in [0.2, 0.25) is 13.1 Å². The second-order valence-corrected chi connectivity index (χ2v) is 3.29. The molecule has 0 unspecified atom stereocenters. The van der Waals surface area contributed by atoms with Crippen LogP contribution in [-0.4, -0.2) is 36.0 Å². The van der Waals surface area contributed by atoms with E-state index in [0.717, 1.165) is 25.9 Å². The first-order valence-corrected chi connectivity index (χ1v) is 6.09. The lowest BCUT2D eigenvalue weighted by Gasteiger charge is -1.94. The molecule has 0 aromatic carbocycles. The highest BCUT2D eigenvalue weighted by Crippen LogP contribution is 1.95. The normalized spacial score (nSPS) is 8.44.